The van der Waals surface area contributed by atoms with E-state index in [1.165, 1.54) is 0 Å². The SMILES string of the molecule is CCC(C)OC(C(C)N)C(C)(C)C. The molecule has 0 aliphatic carbocycles. The summed E-state index contributed by atoms with van der Waals surface area (Å²) in [6.07, 6.45) is 1.48. The Hall–Kier alpha value is -0.0800. The van der Waals surface area contributed by atoms with Gasteiger partial charge in [-0.2, -0.15) is 0 Å². The lowest BCUT2D eigenvalue weighted by Crippen LogP contribution is -2.45. The van der Waals surface area contributed by atoms with E-state index >= 15 is 0 Å². The predicted octanol–water partition coefficient (Wildman–Crippen LogP) is 2.56. The van der Waals surface area contributed by atoms with Crippen molar-refractivity contribution in [1.82, 2.24) is 0 Å². The number of ether oxygens (including phenoxy) is 1. The lowest BCUT2D eigenvalue weighted by atomic mass is 9.85. The van der Waals surface area contributed by atoms with E-state index in [0.717, 1.165) is 6.42 Å². The van der Waals surface area contributed by atoms with Gasteiger partial charge in [0, 0.05) is 6.04 Å². The van der Waals surface area contributed by atoms with Crippen LogP contribution in [0, 0.1) is 5.41 Å². The average molecular weight is 187 g/mol. The van der Waals surface area contributed by atoms with Crippen LogP contribution in [-0.4, -0.2) is 18.2 Å². The second kappa shape index (κ2) is 4.97. The Balaban J connectivity index is 4.28. The first-order chi connectivity index (χ1) is 5.79. The normalized spacial score (nSPS) is 19.6. The van der Waals surface area contributed by atoms with Crippen LogP contribution in [0.5, 0.6) is 0 Å². The molecule has 80 valence electrons. The summed E-state index contributed by atoms with van der Waals surface area (Å²) in [7, 11) is 0. The number of hydrogen-bond donors (Lipinski definition) is 1. The van der Waals surface area contributed by atoms with Gasteiger partial charge in [0.15, 0.2) is 0 Å². The van der Waals surface area contributed by atoms with E-state index in [4.69, 9.17) is 10.5 Å². The third kappa shape index (κ3) is 4.63. The van der Waals surface area contributed by atoms with Crippen LogP contribution in [0.2, 0.25) is 0 Å². The fraction of sp³-hybridized carbons (Fsp3) is 1.00. The first-order valence-corrected chi connectivity index (χ1v) is 5.20. The van der Waals surface area contributed by atoms with E-state index in [0.29, 0.717) is 6.10 Å². The van der Waals surface area contributed by atoms with Gasteiger partial charge in [-0.3, -0.25) is 0 Å². The molecule has 2 heteroatoms. The third-order valence-electron chi connectivity index (χ3n) is 2.28. The Labute approximate surface area is 82.8 Å². The van der Waals surface area contributed by atoms with Crippen LogP contribution in [-0.2, 0) is 4.74 Å². The van der Waals surface area contributed by atoms with Crippen molar-refractivity contribution in [2.45, 2.75) is 66.2 Å². The molecule has 13 heavy (non-hydrogen) atoms. The molecule has 0 aliphatic rings. The molecular formula is C11H25NO. The van der Waals surface area contributed by atoms with Crippen molar-refractivity contribution in [3.05, 3.63) is 0 Å². The van der Waals surface area contributed by atoms with E-state index in [-0.39, 0.29) is 17.6 Å². The highest BCUT2D eigenvalue weighted by Gasteiger charge is 2.29. The summed E-state index contributed by atoms with van der Waals surface area (Å²) < 4.78 is 5.90. The standard InChI is InChI=1S/C11H25NO/c1-7-8(2)13-10(9(3)12)11(4,5)6/h8-10H,7,12H2,1-6H3. The Bertz CT molecular complexity index is 138. The Morgan fingerprint density at radius 3 is 1.92 bits per heavy atom. The van der Waals surface area contributed by atoms with Crippen molar-refractivity contribution in [2.75, 3.05) is 0 Å². The quantitative estimate of drug-likeness (QED) is 0.734. The van der Waals surface area contributed by atoms with Gasteiger partial charge in [-0.25, -0.2) is 0 Å². The Morgan fingerprint density at radius 1 is 1.23 bits per heavy atom. The molecule has 0 bridgehead atoms. The molecule has 0 heterocycles. The van der Waals surface area contributed by atoms with Crippen molar-refractivity contribution in [3.8, 4) is 0 Å². The number of rotatable bonds is 4. The third-order valence-corrected chi connectivity index (χ3v) is 2.28. The van der Waals surface area contributed by atoms with Crippen LogP contribution in [0.1, 0.15) is 48.0 Å². The summed E-state index contributed by atoms with van der Waals surface area (Å²) >= 11 is 0. The van der Waals surface area contributed by atoms with Gasteiger partial charge in [-0.1, -0.05) is 27.7 Å². The monoisotopic (exact) mass is 187 g/mol. The average Bonchev–Trinajstić information content (AvgIpc) is 1.96. The highest BCUT2D eigenvalue weighted by atomic mass is 16.5. The van der Waals surface area contributed by atoms with Gasteiger partial charge in [0.25, 0.3) is 0 Å². The molecule has 0 aliphatic heterocycles. The number of hydrogen-bond acceptors (Lipinski definition) is 2. The van der Waals surface area contributed by atoms with Crippen LogP contribution in [0.25, 0.3) is 0 Å². The van der Waals surface area contributed by atoms with E-state index in [2.05, 4.69) is 34.6 Å². The van der Waals surface area contributed by atoms with Crippen LogP contribution >= 0.6 is 0 Å². The van der Waals surface area contributed by atoms with E-state index < -0.39 is 0 Å². The summed E-state index contributed by atoms with van der Waals surface area (Å²) in [5.41, 5.74) is 6.02. The molecule has 3 atom stereocenters. The van der Waals surface area contributed by atoms with Gasteiger partial charge < -0.3 is 10.5 Å². The molecule has 3 unspecified atom stereocenters. The topological polar surface area (TPSA) is 35.2 Å². The first kappa shape index (κ1) is 12.9. The molecule has 0 radical (unpaired) electrons. The zero-order chi connectivity index (χ0) is 10.6. The van der Waals surface area contributed by atoms with E-state index in [1.54, 1.807) is 0 Å². The Kier molecular flexibility index (Phi) is 4.93. The van der Waals surface area contributed by atoms with Crippen molar-refractivity contribution in [2.24, 2.45) is 11.1 Å². The molecule has 2 N–H and O–H groups in total. The summed E-state index contributed by atoms with van der Waals surface area (Å²) in [4.78, 5) is 0. The zero-order valence-electron chi connectivity index (χ0n) is 9.92. The lowest BCUT2D eigenvalue weighted by Gasteiger charge is -2.35. The molecular weight excluding hydrogens is 162 g/mol. The van der Waals surface area contributed by atoms with Crippen molar-refractivity contribution < 1.29 is 4.74 Å². The minimum atomic E-state index is 0.0917. The van der Waals surface area contributed by atoms with Gasteiger partial charge >= 0.3 is 0 Å². The van der Waals surface area contributed by atoms with Gasteiger partial charge in [0.05, 0.1) is 12.2 Å². The molecule has 0 spiro atoms. The minimum absolute atomic E-state index is 0.0917. The van der Waals surface area contributed by atoms with Crippen LogP contribution in [0.3, 0.4) is 0 Å². The number of nitrogens with two attached hydrogens (primary N) is 1. The smallest absolute Gasteiger partial charge is 0.0774 e. The fourth-order valence-corrected chi connectivity index (χ4v) is 1.46. The molecule has 0 aromatic rings. The van der Waals surface area contributed by atoms with Gasteiger partial charge in [0.1, 0.15) is 0 Å². The van der Waals surface area contributed by atoms with Gasteiger partial charge in [0.2, 0.25) is 0 Å². The second-order valence-electron chi connectivity index (χ2n) is 5.00. The summed E-state index contributed by atoms with van der Waals surface area (Å²) in [6, 6.07) is 0.0917. The minimum Gasteiger partial charge on any atom is -0.373 e. The highest BCUT2D eigenvalue weighted by molar-refractivity contribution is 4.82. The summed E-state index contributed by atoms with van der Waals surface area (Å²) in [5.74, 6) is 0. The zero-order valence-corrected chi connectivity index (χ0v) is 9.92. The second-order valence-corrected chi connectivity index (χ2v) is 5.00. The predicted molar refractivity (Wildman–Crippen MR) is 57.7 cm³/mol. The van der Waals surface area contributed by atoms with Crippen molar-refractivity contribution in [3.63, 3.8) is 0 Å². The van der Waals surface area contributed by atoms with Gasteiger partial charge in [-0.05, 0) is 25.7 Å². The van der Waals surface area contributed by atoms with Crippen LogP contribution in [0.15, 0.2) is 0 Å². The van der Waals surface area contributed by atoms with E-state index in [1.807, 2.05) is 6.92 Å². The molecule has 0 fully saturated rings. The lowest BCUT2D eigenvalue weighted by molar-refractivity contribution is -0.0700. The highest BCUT2D eigenvalue weighted by Crippen LogP contribution is 2.25. The van der Waals surface area contributed by atoms with E-state index in [9.17, 15) is 0 Å². The molecule has 0 saturated heterocycles. The Morgan fingerprint density at radius 2 is 1.69 bits per heavy atom. The van der Waals surface area contributed by atoms with Crippen LogP contribution < -0.4 is 5.73 Å². The molecule has 0 rings (SSSR count). The molecule has 0 amide bonds. The summed E-state index contributed by atoms with van der Waals surface area (Å²) in [6.45, 7) is 12.8. The molecule has 0 aromatic carbocycles. The van der Waals surface area contributed by atoms with Crippen molar-refractivity contribution >= 4 is 0 Å². The molecule has 2 nitrogen and oxygen atoms in total. The molecule has 0 saturated carbocycles. The maximum Gasteiger partial charge on any atom is 0.0774 e. The van der Waals surface area contributed by atoms with Crippen LogP contribution in [0.4, 0.5) is 0 Å². The maximum absolute atomic E-state index is 5.90. The van der Waals surface area contributed by atoms with Crippen molar-refractivity contribution in [1.29, 1.82) is 0 Å². The summed E-state index contributed by atoms with van der Waals surface area (Å²) in [5, 5.41) is 0. The van der Waals surface area contributed by atoms with Gasteiger partial charge in [-0.15, -0.1) is 0 Å². The fourth-order valence-electron chi connectivity index (χ4n) is 1.46. The first-order valence-electron chi connectivity index (χ1n) is 5.20. The maximum atomic E-state index is 5.90. The molecule has 0 aromatic heterocycles. The largest absolute Gasteiger partial charge is 0.373 e.